The van der Waals surface area contributed by atoms with Crippen LogP contribution in [0.1, 0.15) is 5.56 Å². The minimum absolute atomic E-state index is 0.146. The summed E-state index contributed by atoms with van der Waals surface area (Å²) in [6.45, 7) is 1.97. The number of aromatic nitrogens is 4. The first kappa shape index (κ1) is 13.6. The normalized spacial score (nSPS) is 11.2. The van der Waals surface area contributed by atoms with Crippen LogP contribution in [0.15, 0.2) is 33.9 Å². The van der Waals surface area contributed by atoms with Crippen LogP contribution in [0.2, 0.25) is 5.28 Å². The first-order valence-electron chi connectivity index (χ1n) is 6.33. The second-order valence-electron chi connectivity index (χ2n) is 4.93. The zero-order chi connectivity index (χ0) is 15.3. The summed E-state index contributed by atoms with van der Waals surface area (Å²) >= 11 is 6.18. The first-order chi connectivity index (χ1) is 9.91. The van der Waals surface area contributed by atoms with Crippen LogP contribution in [0, 0.1) is 6.92 Å². The molecule has 0 aliphatic carbocycles. The third kappa shape index (κ3) is 1.91. The third-order valence-electron chi connectivity index (χ3n) is 3.51. The van der Waals surface area contributed by atoms with E-state index in [0.717, 1.165) is 15.8 Å². The summed E-state index contributed by atoms with van der Waals surface area (Å²) < 4.78 is 3.91. The van der Waals surface area contributed by atoms with Crippen LogP contribution in [-0.2, 0) is 14.1 Å². The zero-order valence-corrected chi connectivity index (χ0v) is 12.5. The van der Waals surface area contributed by atoms with Gasteiger partial charge in [0.2, 0.25) is 5.28 Å². The molecule has 0 saturated carbocycles. The Morgan fingerprint density at radius 2 is 1.67 bits per heavy atom. The lowest BCUT2D eigenvalue weighted by atomic mass is 10.2. The van der Waals surface area contributed by atoms with Crippen molar-refractivity contribution in [2.45, 2.75) is 6.92 Å². The van der Waals surface area contributed by atoms with Gasteiger partial charge in [-0.15, -0.1) is 0 Å². The molecule has 0 spiro atoms. The predicted molar refractivity (Wildman–Crippen MR) is 81.3 cm³/mol. The Morgan fingerprint density at radius 1 is 1.05 bits per heavy atom. The molecule has 2 heterocycles. The van der Waals surface area contributed by atoms with E-state index in [4.69, 9.17) is 11.6 Å². The Kier molecular flexibility index (Phi) is 2.98. The zero-order valence-electron chi connectivity index (χ0n) is 11.8. The van der Waals surface area contributed by atoms with Crippen molar-refractivity contribution >= 4 is 22.8 Å². The van der Waals surface area contributed by atoms with Crippen LogP contribution in [0.25, 0.3) is 16.9 Å². The van der Waals surface area contributed by atoms with E-state index in [1.807, 2.05) is 31.2 Å². The molecule has 0 bridgehead atoms. The molecule has 0 aliphatic rings. The van der Waals surface area contributed by atoms with Crippen LogP contribution in [0.5, 0.6) is 0 Å². The number of benzene rings is 1. The molecule has 0 N–H and O–H groups in total. The Morgan fingerprint density at radius 3 is 2.29 bits per heavy atom. The van der Waals surface area contributed by atoms with Crippen molar-refractivity contribution in [1.29, 1.82) is 0 Å². The van der Waals surface area contributed by atoms with Gasteiger partial charge in [0.05, 0.1) is 0 Å². The molecule has 6 nitrogen and oxygen atoms in total. The highest BCUT2D eigenvalue weighted by atomic mass is 35.5. The van der Waals surface area contributed by atoms with E-state index in [1.165, 1.54) is 11.6 Å². The quantitative estimate of drug-likeness (QED) is 0.638. The molecule has 108 valence electrons. The Hall–Kier alpha value is -2.34. The number of hydrogen-bond donors (Lipinski definition) is 0. The van der Waals surface area contributed by atoms with Gasteiger partial charge in [0, 0.05) is 19.8 Å². The van der Waals surface area contributed by atoms with E-state index in [-0.39, 0.29) is 16.4 Å². The molecule has 2 aromatic heterocycles. The van der Waals surface area contributed by atoms with Gasteiger partial charge in [-0.25, -0.2) is 4.79 Å². The van der Waals surface area contributed by atoms with E-state index in [9.17, 15) is 9.59 Å². The van der Waals surface area contributed by atoms with Gasteiger partial charge >= 0.3 is 5.69 Å². The summed E-state index contributed by atoms with van der Waals surface area (Å²) in [5.41, 5.74) is 1.52. The summed E-state index contributed by atoms with van der Waals surface area (Å²) in [7, 11) is 3.00. The van der Waals surface area contributed by atoms with Crippen molar-refractivity contribution in [3.8, 4) is 5.69 Å². The van der Waals surface area contributed by atoms with Gasteiger partial charge in [-0.1, -0.05) is 17.7 Å². The fourth-order valence-corrected chi connectivity index (χ4v) is 2.56. The molecule has 0 amide bonds. The van der Waals surface area contributed by atoms with Gasteiger partial charge in [0.25, 0.3) is 5.56 Å². The second-order valence-corrected chi connectivity index (χ2v) is 5.27. The topological polar surface area (TPSA) is 61.8 Å². The van der Waals surface area contributed by atoms with Crippen molar-refractivity contribution < 1.29 is 0 Å². The molecule has 0 fully saturated rings. The smallest absolute Gasteiger partial charge is 0.279 e. The van der Waals surface area contributed by atoms with Crippen molar-refractivity contribution in [3.63, 3.8) is 0 Å². The third-order valence-corrected chi connectivity index (χ3v) is 3.76. The molecule has 7 heteroatoms. The monoisotopic (exact) mass is 304 g/mol. The minimum Gasteiger partial charge on any atom is -0.279 e. The van der Waals surface area contributed by atoms with Crippen molar-refractivity contribution in [2.24, 2.45) is 14.1 Å². The van der Waals surface area contributed by atoms with Crippen LogP contribution in [-0.4, -0.2) is 18.7 Å². The Balaban J connectivity index is 2.50. The molecule has 0 radical (unpaired) electrons. The van der Waals surface area contributed by atoms with Crippen molar-refractivity contribution in [1.82, 2.24) is 18.7 Å². The lowest BCUT2D eigenvalue weighted by Crippen LogP contribution is -2.37. The molecule has 0 aliphatic heterocycles. The van der Waals surface area contributed by atoms with E-state index in [1.54, 1.807) is 11.6 Å². The fraction of sp³-hybridized carbons (Fsp3) is 0.214. The number of hydrogen-bond acceptors (Lipinski definition) is 3. The molecule has 0 atom stereocenters. The highest BCUT2D eigenvalue weighted by Crippen LogP contribution is 2.21. The van der Waals surface area contributed by atoms with E-state index in [0.29, 0.717) is 0 Å². The highest BCUT2D eigenvalue weighted by molar-refractivity contribution is 6.29. The van der Waals surface area contributed by atoms with Crippen LogP contribution in [0.4, 0.5) is 0 Å². The van der Waals surface area contributed by atoms with Crippen LogP contribution in [0.3, 0.4) is 0 Å². The minimum atomic E-state index is -0.433. The van der Waals surface area contributed by atoms with Crippen LogP contribution < -0.4 is 11.2 Å². The summed E-state index contributed by atoms with van der Waals surface area (Å²) in [5, 5.41) is 0.146. The van der Waals surface area contributed by atoms with E-state index in [2.05, 4.69) is 4.98 Å². The highest BCUT2D eigenvalue weighted by Gasteiger charge is 2.18. The SMILES string of the molecule is Cc1ccc(-n2c(Cl)nc3c2c(=O)n(C)c(=O)n3C)cc1. The number of fused-ring (bicyclic) bond motifs is 1. The molecular formula is C14H13ClN4O2. The molecule has 0 saturated heterocycles. The van der Waals surface area contributed by atoms with Crippen LogP contribution >= 0.6 is 11.6 Å². The Labute approximate surface area is 124 Å². The standard InChI is InChI=1S/C14H13ClN4O2/c1-8-4-6-9(7-5-8)19-10-11(16-13(19)15)17(2)14(21)18(3)12(10)20/h4-7H,1-3H3. The molecule has 3 rings (SSSR count). The van der Waals surface area contributed by atoms with Gasteiger partial charge in [0.15, 0.2) is 11.2 Å². The summed E-state index contributed by atoms with van der Waals surface area (Å²) in [5.74, 6) is 0. The average Bonchev–Trinajstić information content (AvgIpc) is 2.81. The summed E-state index contributed by atoms with van der Waals surface area (Å²) in [6, 6.07) is 7.55. The van der Waals surface area contributed by atoms with E-state index < -0.39 is 11.2 Å². The molecule has 0 unspecified atom stereocenters. The fourth-order valence-electron chi connectivity index (χ4n) is 2.30. The molecule has 3 aromatic rings. The maximum Gasteiger partial charge on any atom is 0.332 e. The summed E-state index contributed by atoms with van der Waals surface area (Å²) in [6.07, 6.45) is 0. The maximum atomic E-state index is 12.4. The van der Waals surface area contributed by atoms with Crippen molar-refractivity contribution in [3.05, 3.63) is 56.0 Å². The van der Waals surface area contributed by atoms with Gasteiger partial charge in [-0.2, -0.15) is 4.98 Å². The van der Waals surface area contributed by atoms with Gasteiger partial charge in [-0.05, 0) is 30.7 Å². The van der Waals surface area contributed by atoms with Gasteiger partial charge in [-0.3, -0.25) is 18.5 Å². The number of nitrogens with zero attached hydrogens (tertiary/aromatic N) is 4. The largest absolute Gasteiger partial charge is 0.332 e. The van der Waals surface area contributed by atoms with Gasteiger partial charge < -0.3 is 0 Å². The number of halogens is 1. The number of rotatable bonds is 1. The summed E-state index contributed by atoms with van der Waals surface area (Å²) in [4.78, 5) is 28.5. The lowest BCUT2D eigenvalue weighted by Gasteiger charge is -2.07. The second kappa shape index (κ2) is 4.60. The Bertz CT molecular complexity index is 964. The molecular weight excluding hydrogens is 292 g/mol. The number of imidazole rings is 1. The number of aryl methyl sites for hydroxylation is 2. The average molecular weight is 305 g/mol. The van der Waals surface area contributed by atoms with Crippen molar-refractivity contribution in [2.75, 3.05) is 0 Å². The predicted octanol–water partition coefficient (Wildman–Crippen LogP) is 1.38. The maximum absolute atomic E-state index is 12.4. The first-order valence-corrected chi connectivity index (χ1v) is 6.70. The molecule has 1 aromatic carbocycles. The molecule has 21 heavy (non-hydrogen) atoms. The van der Waals surface area contributed by atoms with Gasteiger partial charge in [0.1, 0.15) is 0 Å². The lowest BCUT2D eigenvalue weighted by molar-refractivity contribution is 0.707. The van der Waals surface area contributed by atoms with E-state index >= 15 is 0 Å².